The van der Waals surface area contributed by atoms with Crippen molar-refractivity contribution in [1.29, 1.82) is 0 Å². The van der Waals surface area contributed by atoms with E-state index in [0.717, 1.165) is 5.69 Å². The van der Waals surface area contributed by atoms with Crippen LogP contribution in [0.3, 0.4) is 0 Å². The molecule has 25 heavy (non-hydrogen) atoms. The number of benzene rings is 2. The number of hydrogen-bond donors (Lipinski definition) is 2. The lowest BCUT2D eigenvalue weighted by atomic mass is 10.3. The van der Waals surface area contributed by atoms with Gasteiger partial charge in [-0.15, -0.1) is 10.2 Å². The molecule has 3 rings (SSSR count). The van der Waals surface area contributed by atoms with E-state index in [4.69, 9.17) is 23.2 Å². The van der Waals surface area contributed by atoms with Crippen molar-refractivity contribution >= 4 is 68.7 Å². The monoisotopic (exact) mass is 410 g/mol. The van der Waals surface area contributed by atoms with Crippen molar-refractivity contribution in [3.63, 3.8) is 0 Å². The average molecular weight is 411 g/mol. The van der Waals surface area contributed by atoms with Crippen LogP contribution >= 0.6 is 46.3 Å². The van der Waals surface area contributed by atoms with Crippen molar-refractivity contribution in [3.05, 3.63) is 58.6 Å². The molecule has 0 unspecified atom stereocenters. The summed E-state index contributed by atoms with van der Waals surface area (Å²) in [6.45, 7) is 0. The quantitative estimate of drug-likeness (QED) is 0.538. The molecule has 1 aromatic heterocycles. The maximum absolute atomic E-state index is 12.1. The Labute approximate surface area is 162 Å². The van der Waals surface area contributed by atoms with Gasteiger partial charge in [0.1, 0.15) is 0 Å². The highest BCUT2D eigenvalue weighted by Gasteiger charge is 2.10. The lowest BCUT2D eigenvalue weighted by molar-refractivity contribution is -0.113. The summed E-state index contributed by atoms with van der Waals surface area (Å²) >= 11 is 14.6. The molecule has 0 fully saturated rings. The van der Waals surface area contributed by atoms with E-state index in [-0.39, 0.29) is 11.7 Å². The third kappa shape index (κ3) is 5.34. The standard InChI is InChI=1S/C16H12Cl2N4OS2/c17-10-6-7-12(18)13(8-10)20-14(23)9-24-16-22-21-15(25-16)19-11-4-2-1-3-5-11/h1-8H,9H2,(H,19,21)(H,20,23). The van der Waals surface area contributed by atoms with Crippen LogP contribution in [0.1, 0.15) is 0 Å². The number of hydrogen-bond acceptors (Lipinski definition) is 6. The van der Waals surface area contributed by atoms with E-state index in [0.29, 0.717) is 25.2 Å². The van der Waals surface area contributed by atoms with Crippen LogP contribution < -0.4 is 10.6 Å². The fraction of sp³-hybridized carbons (Fsp3) is 0.0625. The van der Waals surface area contributed by atoms with Gasteiger partial charge < -0.3 is 10.6 Å². The molecule has 0 saturated heterocycles. The van der Waals surface area contributed by atoms with E-state index in [1.807, 2.05) is 30.3 Å². The van der Waals surface area contributed by atoms with E-state index in [1.165, 1.54) is 23.1 Å². The molecule has 2 N–H and O–H groups in total. The number of nitrogens with one attached hydrogen (secondary N) is 2. The smallest absolute Gasteiger partial charge is 0.234 e. The molecule has 2 aromatic carbocycles. The summed E-state index contributed by atoms with van der Waals surface area (Å²) in [6, 6.07) is 14.6. The molecule has 9 heteroatoms. The van der Waals surface area contributed by atoms with Gasteiger partial charge in [0, 0.05) is 10.7 Å². The zero-order valence-corrected chi connectivity index (χ0v) is 15.8. The normalized spacial score (nSPS) is 10.5. The molecule has 3 aromatic rings. The maximum atomic E-state index is 12.1. The van der Waals surface area contributed by atoms with Gasteiger partial charge in [0.15, 0.2) is 4.34 Å². The number of rotatable bonds is 6. The summed E-state index contributed by atoms with van der Waals surface area (Å²) in [5, 5.41) is 15.6. The summed E-state index contributed by atoms with van der Waals surface area (Å²) in [5.41, 5.74) is 1.42. The average Bonchev–Trinajstić information content (AvgIpc) is 3.05. The van der Waals surface area contributed by atoms with E-state index >= 15 is 0 Å². The Hall–Kier alpha value is -1.80. The second-order valence-electron chi connectivity index (χ2n) is 4.83. The summed E-state index contributed by atoms with van der Waals surface area (Å²) in [5.74, 6) is 0.00458. The summed E-state index contributed by atoms with van der Waals surface area (Å²) < 4.78 is 0.700. The van der Waals surface area contributed by atoms with Gasteiger partial charge >= 0.3 is 0 Å². The van der Waals surface area contributed by atoms with Crippen LogP contribution in [0.4, 0.5) is 16.5 Å². The van der Waals surface area contributed by atoms with Crippen molar-refractivity contribution < 1.29 is 4.79 Å². The minimum Gasteiger partial charge on any atom is -0.330 e. The highest BCUT2D eigenvalue weighted by Crippen LogP contribution is 2.29. The number of thioether (sulfide) groups is 1. The number of aromatic nitrogens is 2. The second-order valence-corrected chi connectivity index (χ2v) is 7.87. The first-order chi connectivity index (χ1) is 12.1. The Morgan fingerprint density at radius 1 is 1.12 bits per heavy atom. The topological polar surface area (TPSA) is 66.9 Å². The minimum absolute atomic E-state index is 0.193. The van der Waals surface area contributed by atoms with E-state index in [2.05, 4.69) is 20.8 Å². The number of carbonyl (C=O) groups is 1. The molecule has 0 atom stereocenters. The van der Waals surface area contributed by atoms with Gasteiger partial charge in [0.2, 0.25) is 11.0 Å². The van der Waals surface area contributed by atoms with Gasteiger partial charge in [-0.25, -0.2) is 0 Å². The van der Waals surface area contributed by atoms with Crippen LogP contribution in [0.2, 0.25) is 10.0 Å². The molecule has 128 valence electrons. The summed E-state index contributed by atoms with van der Waals surface area (Å²) in [6.07, 6.45) is 0. The Bertz CT molecular complexity index is 874. The maximum Gasteiger partial charge on any atom is 0.234 e. The van der Waals surface area contributed by atoms with Crippen molar-refractivity contribution in [3.8, 4) is 0 Å². The van der Waals surface area contributed by atoms with Gasteiger partial charge in [-0.05, 0) is 30.3 Å². The molecule has 0 radical (unpaired) electrons. The van der Waals surface area contributed by atoms with Crippen molar-refractivity contribution in [2.24, 2.45) is 0 Å². The lowest BCUT2D eigenvalue weighted by Gasteiger charge is -2.06. The Balaban J connectivity index is 1.53. The fourth-order valence-electron chi connectivity index (χ4n) is 1.87. The Morgan fingerprint density at radius 2 is 1.92 bits per heavy atom. The Kier molecular flexibility index (Phi) is 6.14. The van der Waals surface area contributed by atoms with Crippen molar-refractivity contribution in [2.45, 2.75) is 4.34 Å². The van der Waals surface area contributed by atoms with Crippen LogP contribution in [-0.4, -0.2) is 21.9 Å². The molecular formula is C16H12Cl2N4OS2. The highest BCUT2D eigenvalue weighted by atomic mass is 35.5. The molecule has 0 aliphatic carbocycles. The van der Waals surface area contributed by atoms with E-state index in [9.17, 15) is 4.79 Å². The van der Waals surface area contributed by atoms with Gasteiger partial charge in [-0.1, -0.05) is 64.5 Å². The largest absolute Gasteiger partial charge is 0.330 e. The predicted octanol–water partition coefficient (Wildman–Crippen LogP) is 5.32. The molecule has 5 nitrogen and oxygen atoms in total. The van der Waals surface area contributed by atoms with Crippen molar-refractivity contribution in [2.75, 3.05) is 16.4 Å². The number of carbonyl (C=O) groups excluding carboxylic acids is 1. The highest BCUT2D eigenvalue weighted by molar-refractivity contribution is 8.01. The molecule has 1 heterocycles. The van der Waals surface area contributed by atoms with Crippen LogP contribution in [0.25, 0.3) is 0 Å². The summed E-state index contributed by atoms with van der Waals surface area (Å²) in [7, 11) is 0. The number of halogens is 2. The lowest BCUT2D eigenvalue weighted by Crippen LogP contribution is -2.14. The van der Waals surface area contributed by atoms with Crippen LogP contribution in [0, 0.1) is 0 Å². The minimum atomic E-state index is -0.193. The van der Waals surface area contributed by atoms with Crippen LogP contribution in [0.5, 0.6) is 0 Å². The molecule has 0 aliphatic heterocycles. The van der Waals surface area contributed by atoms with E-state index in [1.54, 1.807) is 18.2 Å². The molecule has 0 spiro atoms. The molecule has 1 amide bonds. The molecule has 0 saturated carbocycles. The third-order valence-corrected chi connectivity index (χ3v) is 5.50. The first-order valence-electron chi connectivity index (χ1n) is 7.13. The summed E-state index contributed by atoms with van der Waals surface area (Å²) in [4.78, 5) is 12.1. The van der Waals surface area contributed by atoms with Gasteiger partial charge in [0.25, 0.3) is 0 Å². The molecular weight excluding hydrogens is 399 g/mol. The second kappa shape index (κ2) is 8.53. The van der Waals surface area contributed by atoms with Gasteiger partial charge in [-0.2, -0.15) is 0 Å². The van der Waals surface area contributed by atoms with Crippen molar-refractivity contribution in [1.82, 2.24) is 10.2 Å². The first kappa shape index (κ1) is 18.0. The van der Waals surface area contributed by atoms with Gasteiger partial charge in [-0.3, -0.25) is 4.79 Å². The number of para-hydroxylation sites is 1. The van der Waals surface area contributed by atoms with Crippen LogP contribution in [-0.2, 0) is 4.79 Å². The van der Waals surface area contributed by atoms with E-state index < -0.39 is 0 Å². The predicted molar refractivity (Wildman–Crippen MR) is 105 cm³/mol. The molecule has 0 aliphatic rings. The fourth-order valence-corrected chi connectivity index (χ4v) is 3.78. The third-order valence-electron chi connectivity index (χ3n) is 2.96. The molecule has 0 bridgehead atoms. The first-order valence-corrected chi connectivity index (χ1v) is 9.69. The number of anilines is 3. The SMILES string of the molecule is O=C(CSc1nnc(Nc2ccccc2)s1)Nc1cc(Cl)ccc1Cl. The zero-order chi connectivity index (χ0) is 17.6. The number of nitrogens with zero attached hydrogens (tertiary/aromatic N) is 2. The number of amides is 1. The van der Waals surface area contributed by atoms with Gasteiger partial charge in [0.05, 0.1) is 16.5 Å². The Morgan fingerprint density at radius 3 is 2.72 bits per heavy atom. The zero-order valence-electron chi connectivity index (χ0n) is 12.7. The van der Waals surface area contributed by atoms with Crippen LogP contribution in [0.15, 0.2) is 52.9 Å².